The number of rotatable bonds is 3. The van der Waals surface area contributed by atoms with Crippen LogP contribution in [0, 0.1) is 0 Å². The lowest BCUT2D eigenvalue weighted by Gasteiger charge is -2.21. The van der Waals surface area contributed by atoms with Gasteiger partial charge in [-0.05, 0) is 0 Å². The lowest BCUT2D eigenvalue weighted by atomic mass is 10.3. The molecule has 0 N–H and O–H groups in total. The lowest BCUT2D eigenvalue weighted by Crippen LogP contribution is -2.44. The summed E-state index contributed by atoms with van der Waals surface area (Å²) < 4.78 is 72.8. The first-order valence-corrected chi connectivity index (χ1v) is 2.88. The summed E-state index contributed by atoms with van der Waals surface area (Å²) in [6.07, 6.45) is -15.2. The van der Waals surface area contributed by atoms with Crippen LogP contribution >= 0.6 is 0 Å². The summed E-state index contributed by atoms with van der Waals surface area (Å²) in [6.45, 7) is -1.25. The van der Waals surface area contributed by atoms with Crippen molar-refractivity contribution in [2.45, 2.75) is 18.5 Å². The largest absolute Gasteiger partial charge is 0.423 e. The molecule has 0 saturated heterocycles. The highest BCUT2D eigenvalue weighted by Crippen LogP contribution is 2.35. The van der Waals surface area contributed by atoms with Gasteiger partial charge in [0.05, 0.1) is 0 Å². The molecule has 0 aromatic rings. The maximum atomic E-state index is 11.6. The zero-order valence-corrected chi connectivity index (χ0v) is 5.95. The summed E-state index contributed by atoms with van der Waals surface area (Å²) in [5, 5.41) is 0. The van der Waals surface area contributed by atoms with E-state index in [1.165, 1.54) is 0 Å². The van der Waals surface area contributed by atoms with Gasteiger partial charge >= 0.3 is 12.4 Å². The molecule has 13 heavy (non-hydrogen) atoms. The lowest BCUT2D eigenvalue weighted by molar-refractivity contribution is -0.319. The third kappa shape index (κ3) is 4.11. The standard InChI is InChI=1S/C5H4F6O2/c6-4(7,8)3(5(9,10)11)13-2-1-12/h1,3H,2H2. The van der Waals surface area contributed by atoms with Crippen LogP contribution < -0.4 is 0 Å². The first-order valence-electron chi connectivity index (χ1n) is 2.88. The summed E-state index contributed by atoms with van der Waals surface area (Å²) in [6, 6.07) is 0. The van der Waals surface area contributed by atoms with Gasteiger partial charge < -0.3 is 9.53 Å². The van der Waals surface area contributed by atoms with Gasteiger partial charge in [0.25, 0.3) is 0 Å². The molecule has 2 nitrogen and oxygen atoms in total. The molecule has 78 valence electrons. The van der Waals surface area contributed by atoms with Gasteiger partial charge in [0.15, 0.2) is 0 Å². The first-order chi connectivity index (χ1) is 5.69. The number of aldehydes is 1. The molecule has 0 bridgehead atoms. The average molecular weight is 210 g/mol. The van der Waals surface area contributed by atoms with E-state index >= 15 is 0 Å². The van der Waals surface area contributed by atoms with Crippen LogP contribution in [0.2, 0.25) is 0 Å². The topological polar surface area (TPSA) is 26.3 Å². The molecule has 0 radical (unpaired) electrons. The Morgan fingerprint density at radius 1 is 1.08 bits per heavy atom. The third-order valence-corrected chi connectivity index (χ3v) is 0.926. The van der Waals surface area contributed by atoms with E-state index in [4.69, 9.17) is 0 Å². The van der Waals surface area contributed by atoms with E-state index in [0.29, 0.717) is 0 Å². The Morgan fingerprint density at radius 3 is 1.69 bits per heavy atom. The van der Waals surface area contributed by atoms with Crippen LogP contribution in [0.15, 0.2) is 0 Å². The van der Waals surface area contributed by atoms with E-state index < -0.39 is 25.1 Å². The second-order valence-electron chi connectivity index (χ2n) is 1.96. The summed E-state index contributed by atoms with van der Waals surface area (Å²) in [4.78, 5) is 9.50. The van der Waals surface area contributed by atoms with E-state index in [2.05, 4.69) is 4.74 Å². The number of ether oxygens (including phenoxy) is 1. The number of carbonyl (C=O) groups is 1. The quantitative estimate of drug-likeness (QED) is 0.523. The molecule has 0 amide bonds. The third-order valence-electron chi connectivity index (χ3n) is 0.926. The fourth-order valence-electron chi connectivity index (χ4n) is 0.510. The number of hydrogen-bond donors (Lipinski definition) is 0. The van der Waals surface area contributed by atoms with Gasteiger partial charge in [-0.1, -0.05) is 0 Å². The van der Waals surface area contributed by atoms with E-state index in [0.717, 1.165) is 0 Å². The Hall–Kier alpha value is -0.790. The molecule has 0 rings (SSSR count). The Bertz CT molecular complexity index is 157. The molecule has 0 heterocycles. The van der Waals surface area contributed by atoms with Gasteiger partial charge in [0.1, 0.15) is 12.9 Å². The summed E-state index contributed by atoms with van der Waals surface area (Å²) in [7, 11) is 0. The first kappa shape index (κ1) is 12.2. The van der Waals surface area contributed by atoms with Crippen molar-refractivity contribution < 1.29 is 35.9 Å². The average Bonchev–Trinajstić information content (AvgIpc) is 1.81. The SMILES string of the molecule is O=CCOC(C(F)(F)F)C(F)(F)F. The van der Waals surface area contributed by atoms with Crippen molar-refractivity contribution in [1.29, 1.82) is 0 Å². The molecule has 0 saturated carbocycles. The Morgan fingerprint density at radius 2 is 1.46 bits per heavy atom. The van der Waals surface area contributed by atoms with E-state index in [1.807, 2.05) is 0 Å². The normalized spacial score (nSPS) is 13.5. The number of alkyl halides is 6. The van der Waals surface area contributed by atoms with Gasteiger partial charge in [-0.3, -0.25) is 0 Å². The highest BCUT2D eigenvalue weighted by Gasteiger charge is 2.57. The molecular weight excluding hydrogens is 206 g/mol. The number of carbonyl (C=O) groups excluding carboxylic acids is 1. The maximum Gasteiger partial charge on any atom is 0.423 e. The Labute approximate surface area is 68.5 Å². The molecule has 0 spiro atoms. The predicted octanol–water partition coefficient (Wildman–Crippen LogP) is 1.70. The molecule has 0 fully saturated rings. The Balaban J connectivity index is 4.47. The highest BCUT2D eigenvalue weighted by atomic mass is 19.4. The molecule has 0 aliphatic rings. The zero-order chi connectivity index (χ0) is 10.7. The number of hydrogen-bond acceptors (Lipinski definition) is 2. The molecule has 0 aliphatic heterocycles. The van der Waals surface area contributed by atoms with Crippen LogP contribution in [0.5, 0.6) is 0 Å². The van der Waals surface area contributed by atoms with Crippen LogP contribution in [0.4, 0.5) is 26.3 Å². The van der Waals surface area contributed by atoms with Gasteiger partial charge in [-0.25, -0.2) is 0 Å². The van der Waals surface area contributed by atoms with E-state index in [-0.39, 0.29) is 6.29 Å². The number of halogens is 6. The van der Waals surface area contributed by atoms with Crippen molar-refractivity contribution in [3.8, 4) is 0 Å². The zero-order valence-electron chi connectivity index (χ0n) is 5.95. The van der Waals surface area contributed by atoms with Crippen LogP contribution in [0.25, 0.3) is 0 Å². The van der Waals surface area contributed by atoms with Crippen molar-refractivity contribution in [2.75, 3.05) is 6.61 Å². The molecule has 0 atom stereocenters. The van der Waals surface area contributed by atoms with Crippen LogP contribution in [0.1, 0.15) is 0 Å². The van der Waals surface area contributed by atoms with Crippen LogP contribution in [-0.4, -0.2) is 31.3 Å². The minimum Gasteiger partial charge on any atom is -0.353 e. The van der Waals surface area contributed by atoms with Gasteiger partial charge in [0.2, 0.25) is 6.10 Å². The summed E-state index contributed by atoms with van der Waals surface area (Å²) in [5.74, 6) is 0. The second kappa shape index (κ2) is 3.95. The highest BCUT2D eigenvalue weighted by molar-refractivity contribution is 5.50. The van der Waals surface area contributed by atoms with Crippen LogP contribution in [0.3, 0.4) is 0 Å². The summed E-state index contributed by atoms with van der Waals surface area (Å²) >= 11 is 0. The minimum atomic E-state index is -5.55. The van der Waals surface area contributed by atoms with Crippen LogP contribution in [-0.2, 0) is 9.53 Å². The van der Waals surface area contributed by atoms with Crippen molar-refractivity contribution in [3.05, 3.63) is 0 Å². The smallest absolute Gasteiger partial charge is 0.353 e. The van der Waals surface area contributed by atoms with Gasteiger partial charge in [-0.2, -0.15) is 26.3 Å². The maximum absolute atomic E-state index is 11.6. The molecule has 0 unspecified atom stereocenters. The molecule has 0 aromatic carbocycles. The molecule has 0 aromatic heterocycles. The summed E-state index contributed by atoms with van der Waals surface area (Å²) in [5.41, 5.74) is 0. The van der Waals surface area contributed by atoms with Crippen molar-refractivity contribution in [3.63, 3.8) is 0 Å². The van der Waals surface area contributed by atoms with Crippen molar-refractivity contribution in [1.82, 2.24) is 0 Å². The monoisotopic (exact) mass is 210 g/mol. The van der Waals surface area contributed by atoms with Gasteiger partial charge in [0, 0.05) is 0 Å². The fourth-order valence-corrected chi connectivity index (χ4v) is 0.510. The molecular formula is C5H4F6O2. The predicted molar refractivity (Wildman–Crippen MR) is 27.9 cm³/mol. The molecule has 8 heteroatoms. The minimum absolute atomic E-state index is 0.190. The Kier molecular flexibility index (Phi) is 3.71. The van der Waals surface area contributed by atoms with Crippen molar-refractivity contribution >= 4 is 6.29 Å². The fraction of sp³-hybridized carbons (Fsp3) is 0.800. The van der Waals surface area contributed by atoms with Crippen molar-refractivity contribution in [2.24, 2.45) is 0 Å². The van der Waals surface area contributed by atoms with E-state index in [1.54, 1.807) is 0 Å². The molecule has 0 aliphatic carbocycles. The van der Waals surface area contributed by atoms with E-state index in [9.17, 15) is 31.1 Å². The van der Waals surface area contributed by atoms with Gasteiger partial charge in [-0.15, -0.1) is 0 Å². The second-order valence-corrected chi connectivity index (χ2v) is 1.96.